The molecule has 2 heterocycles. The Morgan fingerprint density at radius 2 is 1.55 bits per heavy atom. The molecule has 3 aromatic rings. The Morgan fingerprint density at radius 3 is 2.05 bits per heavy atom. The summed E-state index contributed by atoms with van der Waals surface area (Å²) in [4.78, 5) is 27.1. The van der Waals surface area contributed by atoms with Crippen LogP contribution in [0.2, 0.25) is 0 Å². The van der Waals surface area contributed by atoms with E-state index in [-0.39, 0.29) is 28.6 Å². The molecule has 1 atom stereocenters. The summed E-state index contributed by atoms with van der Waals surface area (Å²) in [5, 5.41) is 10.2. The van der Waals surface area contributed by atoms with Gasteiger partial charge in [0.05, 0.1) is 33.8 Å². The number of allylic oxidation sites excluding steroid dienone is 1. The summed E-state index contributed by atoms with van der Waals surface area (Å²) in [6.45, 7) is 12.0. The highest BCUT2D eigenvalue weighted by molar-refractivity contribution is 7.07. The summed E-state index contributed by atoms with van der Waals surface area (Å²) in [7, 11) is 0. The van der Waals surface area contributed by atoms with Crippen molar-refractivity contribution in [2.75, 3.05) is 0 Å². The Morgan fingerprint density at radius 1 is 1.00 bits per heavy atom. The van der Waals surface area contributed by atoms with Crippen LogP contribution in [-0.2, 0) is 9.53 Å². The number of carbonyl (C=O) groups is 1. The number of benzene rings is 2. The Hall–Kier alpha value is -3.89. The molecule has 0 saturated heterocycles. The Bertz CT molecular complexity index is 1610. The number of nitriles is 1. The van der Waals surface area contributed by atoms with Gasteiger partial charge in [0.25, 0.3) is 5.56 Å². The van der Waals surface area contributed by atoms with Gasteiger partial charge in [-0.25, -0.2) is 4.79 Å². The van der Waals surface area contributed by atoms with E-state index in [0.29, 0.717) is 21.0 Å². The summed E-state index contributed by atoms with van der Waals surface area (Å²) in [6, 6.07) is 18.0. The highest BCUT2D eigenvalue weighted by Gasteiger charge is 2.36. The molecule has 6 nitrogen and oxygen atoms in total. The molecule has 0 spiro atoms. The average Bonchev–Trinajstić information content (AvgIpc) is 3.19. The van der Waals surface area contributed by atoms with Crippen LogP contribution in [-0.4, -0.2) is 16.6 Å². The van der Waals surface area contributed by atoms with Gasteiger partial charge >= 0.3 is 5.97 Å². The standard InChI is InChI=1S/C31H33N3O3S/c1-17(2)21-9-7-20(8-10-21)15-25-29(35)34-28(33)24(16-32)26(23-13-11-22(12-14-23)18(3)4)27(30(34)38-25)31(36)37-19(5)6/h7-15,17-19,26H,33H2,1-6H3/b25-15+. The number of ether oxygens (including phenoxy) is 1. The SMILES string of the molecule is CC(C)OC(=O)C1=c2s/c(=C/c3ccc(C(C)C)cc3)c(=O)n2C(N)=C(C#N)C1c1ccc(C(C)C)cc1. The molecule has 1 aliphatic rings. The maximum atomic E-state index is 13.6. The van der Waals surface area contributed by atoms with Crippen LogP contribution >= 0.6 is 11.3 Å². The molecule has 7 heteroatoms. The van der Waals surface area contributed by atoms with E-state index in [4.69, 9.17) is 10.5 Å². The van der Waals surface area contributed by atoms with Gasteiger partial charge in [-0.15, -0.1) is 11.3 Å². The fourth-order valence-corrected chi connectivity index (χ4v) is 5.72. The van der Waals surface area contributed by atoms with E-state index < -0.39 is 11.9 Å². The molecule has 38 heavy (non-hydrogen) atoms. The quantitative estimate of drug-likeness (QED) is 0.475. The zero-order chi connectivity index (χ0) is 27.7. The van der Waals surface area contributed by atoms with Crippen molar-refractivity contribution in [3.05, 3.63) is 95.9 Å². The summed E-state index contributed by atoms with van der Waals surface area (Å²) < 4.78 is 7.72. The molecule has 1 aliphatic heterocycles. The van der Waals surface area contributed by atoms with Crippen molar-refractivity contribution in [2.24, 2.45) is 5.73 Å². The predicted octanol–water partition coefficient (Wildman–Crippen LogP) is 4.54. The van der Waals surface area contributed by atoms with Crippen LogP contribution in [0.25, 0.3) is 17.5 Å². The molecule has 2 N–H and O–H groups in total. The second-order valence-electron chi connectivity index (χ2n) is 10.4. The first kappa shape index (κ1) is 27.2. The first-order valence-corrected chi connectivity index (χ1v) is 13.6. The second-order valence-corrected chi connectivity index (χ2v) is 11.4. The number of carbonyl (C=O) groups excluding carboxylic acids is 1. The van der Waals surface area contributed by atoms with Gasteiger partial charge in [0.15, 0.2) is 0 Å². The monoisotopic (exact) mass is 527 g/mol. The molecule has 4 rings (SSSR count). The Balaban J connectivity index is 2.01. The van der Waals surface area contributed by atoms with Gasteiger partial charge in [-0.1, -0.05) is 76.2 Å². The van der Waals surface area contributed by atoms with Gasteiger partial charge in [-0.05, 0) is 54.0 Å². The zero-order valence-electron chi connectivity index (χ0n) is 22.6. The molecular weight excluding hydrogens is 494 g/mol. The number of esters is 1. The normalized spacial score (nSPS) is 15.8. The van der Waals surface area contributed by atoms with Crippen molar-refractivity contribution >= 4 is 34.8 Å². The molecule has 0 saturated carbocycles. The number of hydrogen-bond acceptors (Lipinski definition) is 6. The molecule has 1 unspecified atom stereocenters. The van der Waals surface area contributed by atoms with E-state index in [1.807, 2.05) is 48.5 Å². The number of hydrogen-bond donors (Lipinski definition) is 1. The molecule has 2 aromatic carbocycles. The van der Waals surface area contributed by atoms with Crippen molar-refractivity contribution in [3.63, 3.8) is 0 Å². The third-order valence-corrected chi connectivity index (χ3v) is 7.78. The van der Waals surface area contributed by atoms with Crippen LogP contribution in [0.4, 0.5) is 0 Å². The van der Waals surface area contributed by atoms with Crippen molar-refractivity contribution in [2.45, 2.75) is 65.4 Å². The van der Waals surface area contributed by atoms with Gasteiger partial charge in [0.1, 0.15) is 10.5 Å². The van der Waals surface area contributed by atoms with E-state index >= 15 is 0 Å². The van der Waals surface area contributed by atoms with E-state index in [1.165, 1.54) is 21.5 Å². The van der Waals surface area contributed by atoms with Crippen molar-refractivity contribution < 1.29 is 9.53 Å². The summed E-state index contributed by atoms with van der Waals surface area (Å²) in [5.41, 5.74) is 10.5. The van der Waals surface area contributed by atoms with E-state index in [9.17, 15) is 14.9 Å². The van der Waals surface area contributed by atoms with Crippen LogP contribution in [0.15, 0.2) is 58.9 Å². The lowest BCUT2D eigenvalue weighted by Gasteiger charge is -2.25. The topological polar surface area (TPSA) is 98.1 Å². The lowest BCUT2D eigenvalue weighted by molar-refractivity contribution is -0.140. The first-order chi connectivity index (χ1) is 18.0. The molecule has 0 radical (unpaired) electrons. The maximum absolute atomic E-state index is 13.6. The van der Waals surface area contributed by atoms with Crippen molar-refractivity contribution in [1.82, 2.24) is 4.57 Å². The van der Waals surface area contributed by atoms with Gasteiger partial charge < -0.3 is 10.5 Å². The number of aromatic nitrogens is 1. The lowest BCUT2D eigenvalue weighted by atomic mass is 9.83. The summed E-state index contributed by atoms with van der Waals surface area (Å²) in [6.07, 6.45) is 1.41. The van der Waals surface area contributed by atoms with Crippen LogP contribution in [0.5, 0.6) is 0 Å². The Labute approximate surface area is 227 Å². The molecule has 0 aliphatic carbocycles. The Kier molecular flexibility index (Phi) is 7.75. The predicted molar refractivity (Wildman–Crippen MR) is 153 cm³/mol. The third kappa shape index (κ3) is 5.09. The highest BCUT2D eigenvalue weighted by Crippen LogP contribution is 2.37. The first-order valence-electron chi connectivity index (χ1n) is 12.8. The minimum Gasteiger partial charge on any atom is -0.460 e. The number of nitrogens with two attached hydrogens (primary N) is 1. The van der Waals surface area contributed by atoms with E-state index in [2.05, 4.69) is 33.8 Å². The molecule has 196 valence electrons. The third-order valence-electron chi connectivity index (χ3n) is 6.67. The largest absolute Gasteiger partial charge is 0.460 e. The van der Waals surface area contributed by atoms with Crippen LogP contribution in [0.1, 0.15) is 81.5 Å². The molecule has 0 amide bonds. The molecule has 1 aromatic heterocycles. The molecular formula is C31H33N3O3S. The molecule has 0 bridgehead atoms. The van der Waals surface area contributed by atoms with Gasteiger partial charge in [0.2, 0.25) is 0 Å². The van der Waals surface area contributed by atoms with Crippen molar-refractivity contribution in [1.29, 1.82) is 5.26 Å². The number of rotatable bonds is 6. The van der Waals surface area contributed by atoms with Gasteiger partial charge in [-0.2, -0.15) is 5.26 Å². The lowest BCUT2D eigenvalue weighted by Crippen LogP contribution is -2.40. The number of fused-ring (bicyclic) bond motifs is 1. The van der Waals surface area contributed by atoms with Crippen LogP contribution < -0.4 is 20.5 Å². The minimum absolute atomic E-state index is 0.0394. The second kappa shape index (κ2) is 10.8. The number of thiazole rings is 1. The minimum atomic E-state index is -0.747. The maximum Gasteiger partial charge on any atom is 0.338 e. The highest BCUT2D eigenvalue weighted by atomic mass is 32.1. The van der Waals surface area contributed by atoms with E-state index in [1.54, 1.807) is 19.9 Å². The fraction of sp³-hybridized carbons (Fsp3) is 0.323. The summed E-state index contributed by atoms with van der Waals surface area (Å²) in [5.74, 6) is -0.549. The number of nitrogens with zero attached hydrogens (tertiary/aromatic N) is 2. The zero-order valence-corrected chi connectivity index (χ0v) is 23.4. The van der Waals surface area contributed by atoms with Crippen LogP contribution in [0.3, 0.4) is 0 Å². The van der Waals surface area contributed by atoms with E-state index in [0.717, 1.165) is 16.7 Å². The van der Waals surface area contributed by atoms with Crippen molar-refractivity contribution in [3.8, 4) is 6.07 Å². The smallest absolute Gasteiger partial charge is 0.338 e. The summed E-state index contributed by atoms with van der Waals surface area (Å²) >= 11 is 1.19. The average molecular weight is 528 g/mol. The van der Waals surface area contributed by atoms with Gasteiger partial charge in [0, 0.05) is 0 Å². The van der Waals surface area contributed by atoms with Gasteiger partial charge in [-0.3, -0.25) is 9.36 Å². The fourth-order valence-electron chi connectivity index (χ4n) is 4.56. The molecule has 0 fully saturated rings. The van der Waals surface area contributed by atoms with Crippen LogP contribution in [0, 0.1) is 11.3 Å².